The molecule has 1 amide bonds. The van der Waals surface area contributed by atoms with Crippen LogP contribution in [0.2, 0.25) is 0 Å². The maximum absolute atomic E-state index is 13.0. The van der Waals surface area contributed by atoms with E-state index in [1.165, 1.54) is 24.8 Å². The molecule has 3 fully saturated rings. The second-order valence-corrected chi connectivity index (χ2v) is 8.80. The van der Waals surface area contributed by atoms with Gasteiger partial charge in [-0.15, -0.1) is 11.3 Å². The molecule has 1 saturated carbocycles. The first kappa shape index (κ1) is 15.6. The van der Waals surface area contributed by atoms with E-state index < -0.39 is 0 Å². The first-order valence-electron chi connectivity index (χ1n) is 9.43. The number of carbonyl (C=O) groups is 1. The zero-order valence-electron chi connectivity index (χ0n) is 14.6. The number of thiophene rings is 1. The molecule has 3 atom stereocenters. The third-order valence-electron chi connectivity index (χ3n) is 6.39. The van der Waals surface area contributed by atoms with Gasteiger partial charge in [0, 0.05) is 26.2 Å². The Morgan fingerprint density at radius 3 is 2.76 bits per heavy atom. The number of carbonyl (C=O) groups excluding carboxylic acids is 1. The largest absolute Gasteiger partial charge is 0.355 e. The van der Waals surface area contributed by atoms with Gasteiger partial charge in [0.15, 0.2) is 0 Å². The summed E-state index contributed by atoms with van der Waals surface area (Å²) in [5, 5.41) is 2.14. The predicted octanol–water partition coefficient (Wildman–Crippen LogP) is 3.08. The minimum Gasteiger partial charge on any atom is -0.355 e. The van der Waals surface area contributed by atoms with Crippen LogP contribution in [0.1, 0.15) is 31.2 Å². The highest BCUT2D eigenvalue weighted by molar-refractivity contribution is 7.18. The summed E-state index contributed by atoms with van der Waals surface area (Å²) in [6.45, 7) is 5.81. The summed E-state index contributed by atoms with van der Waals surface area (Å²) in [7, 11) is 0. The maximum atomic E-state index is 13.0. The molecule has 2 saturated heterocycles. The fourth-order valence-corrected chi connectivity index (χ4v) is 6.03. The quantitative estimate of drug-likeness (QED) is 0.830. The van der Waals surface area contributed by atoms with Crippen molar-refractivity contribution in [2.45, 2.75) is 32.6 Å². The van der Waals surface area contributed by atoms with Gasteiger partial charge in [-0.3, -0.25) is 4.79 Å². The topological polar surface area (TPSA) is 49.3 Å². The molecule has 3 unspecified atom stereocenters. The summed E-state index contributed by atoms with van der Waals surface area (Å²) in [5.41, 5.74) is 2.26. The van der Waals surface area contributed by atoms with Crippen LogP contribution in [0.15, 0.2) is 11.7 Å². The fraction of sp³-hybridized carbons (Fsp3) is 0.632. The van der Waals surface area contributed by atoms with Crippen molar-refractivity contribution >= 4 is 33.3 Å². The third kappa shape index (κ3) is 2.53. The Labute approximate surface area is 152 Å². The molecule has 2 aliphatic heterocycles. The Hall–Kier alpha value is -1.69. The van der Waals surface area contributed by atoms with E-state index in [9.17, 15) is 4.79 Å². The Bertz CT molecular complexity index is 807. The summed E-state index contributed by atoms with van der Waals surface area (Å²) >= 11 is 1.71. The van der Waals surface area contributed by atoms with Crippen molar-refractivity contribution < 1.29 is 4.79 Å². The van der Waals surface area contributed by atoms with Crippen LogP contribution in [-0.2, 0) is 4.79 Å². The Morgan fingerprint density at radius 2 is 1.96 bits per heavy atom. The SMILES string of the molecule is Cc1csc2c(N3CCC(C(=O)N4CC5CCCC5C4)C3)ncnc12. The number of hydrogen-bond acceptors (Lipinski definition) is 5. The zero-order chi connectivity index (χ0) is 17.0. The van der Waals surface area contributed by atoms with Crippen molar-refractivity contribution in [1.82, 2.24) is 14.9 Å². The van der Waals surface area contributed by atoms with Gasteiger partial charge in [-0.2, -0.15) is 0 Å². The molecule has 5 nitrogen and oxygen atoms in total. The summed E-state index contributed by atoms with van der Waals surface area (Å²) < 4.78 is 1.16. The minimum atomic E-state index is 0.130. The van der Waals surface area contributed by atoms with Gasteiger partial charge in [0.05, 0.1) is 16.1 Å². The van der Waals surface area contributed by atoms with Gasteiger partial charge in [0.25, 0.3) is 0 Å². The van der Waals surface area contributed by atoms with E-state index in [1.807, 2.05) is 0 Å². The molecule has 0 aromatic carbocycles. The van der Waals surface area contributed by atoms with E-state index in [4.69, 9.17) is 0 Å². The van der Waals surface area contributed by atoms with Crippen LogP contribution in [0.3, 0.4) is 0 Å². The highest BCUT2D eigenvalue weighted by Crippen LogP contribution is 2.39. The number of aromatic nitrogens is 2. The average Bonchev–Trinajstić information content (AvgIpc) is 3.37. The number of rotatable bonds is 2. The molecule has 25 heavy (non-hydrogen) atoms. The van der Waals surface area contributed by atoms with Crippen LogP contribution in [-0.4, -0.2) is 47.0 Å². The number of hydrogen-bond donors (Lipinski definition) is 0. The van der Waals surface area contributed by atoms with E-state index >= 15 is 0 Å². The number of fused-ring (bicyclic) bond motifs is 2. The van der Waals surface area contributed by atoms with Crippen molar-refractivity contribution in [1.29, 1.82) is 0 Å². The molecular formula is C19H24N4OS. The van der Waals surface area contributed by atoms with Crippen molar-refractivity contribution in [3.05, 3.63) is 17.3 Å². The molecule has 3 aliphatic rings. The number of likely N-dealkylation sites (tertiary alicyclic amines) is 1. The van der Waals surface area contributed by atoms with Gasteiger partial charge >= 0.3 is 0 Å². The Balaban J connectivity index is 1.32. The lowest BCUT2D eigenvalue weighted by Crippen LogP contribution is -2.36. The number of anilines is 1. The van der Waals surface area contributed by atoms with Crippen LogP contribution >= 0.6 is 11.3 Å². The lowest BCUT2D eigenvalue weighted by Gasteiger charge is -2.22. The van der Waals surface area contributed by atoms with E-state index in [-0.39, 0.29) is 5.92 Å². The van der Waals surface area contributed by atoms with E-state index in [1.54, 1.807) is 17.7 Å². The lowest BCUT2D eigenvalue weighted by atomic mass is 10.0. The van der Waals surface area contributed by atoms with E-state index in [0.29, 0.717) is 5.91 Å². The van der Waals surface area contributed by atoms with Gasteiger partial charge < -0.3 is 9.80 Å². The van der Waals surface area contributed by atoms with Crippen molar-refractivity contribution in [3.8, 4) is 0 Å². The predicted molar refractivity (Wildman–Crippen MR) is 99.9 cm³/mol. The first-order chi connectivity index (χ1) is 12.2. The minimum absolute atomic E-state index is 0.130. The monoisotopic (exact) mass is 356 g/mol. The zero-order valence-corrected chi connectivity index (χ0v) is 15.5. The highest BCUT2D eigenvalue weighted by Gasteiger charge is 2.41. The fourth-order valence-electron chi connectivity index (χ4n) is 5.01. The Morgan fingerprint density at radius 1 is 1.16 bits per heavy atom. The molecule has 0 radical (unpaired) electrons. The normalized spacial score (nSPS) is 28.9. The molecule has 5 rings (SSSR count). The molecule has 0 spiro atoms. The Kier molecular flexibility index (Phi) is 3.69. The molecule has 2 aromatic heterocycles. The van der Waals surface area contributed by atoms with Crippen LogP contribution in [0.25, 0.3) is 10.2 Å². The van der Waals surface area contributed by atoms with E-state index in [2.05, 4.69) is 32.1 Å². The van der Waals surface area contributed by atoms with Gasteiger partial charge in [0.1, 0.15) is 12.1 Å². The smallest absolute Gasteiger partial charge is 0.227 e. The summed E-state index contributed by atoms with van der Waals surface area (Å²) in [4.78, 5) is 26.4. The maximum Gasteiger partial charge on any atom is 0.227 e. The summed E-state index contributed by atoms with van der Waals surface area (Å²) in [6.07, 6.45) is 6.61. The first-order valence-corrected chi connectivity index (χ1v) is 10.3. The molecule has 6 heteroatoms. The van der Waals surface area contributed by atoms with E-state index in [0.717, 1.165) is 60.5 Å². The van der Waals surface area contributed by atoms with Gasteiger partial charge in [-0.05, 0) is 49.0 Å². The number of nitrogens with zero attached hydrogens (tertiary/aromatic N) is 4. The summed E-state index contributed by atoms with van der Waals surface area (Å²) in [5.74, 6) is 3.07. The van der Waals surface area contributed by atoms with Gasteiger partial charge in [-0.25, -0.2) is 9.97 Å². The summed E-state index contributed by atoms with van der Waals surface area (Å²) in [6, 6.07) is 0. The molecule has 132 valence electrons. The second kappa shape index (κ2) is 5.94. The van der Waals surface area contributed by atoms with Crippen LogP contribution in [0.4, 0.5) is 5.82 Å². The highest BCUT2D eigenvalue weighted by atomic mass is 32.1. The van der Waals surface area contributed by atoms with Crippen molar-refractivity contribution in [3.63, 3.8) is 0 Å². The molecular weight excluding hydrogens is 332 g/mol. The number of aryl methyl sites for hydroxylation is 1. The van der Waals surface area contributed by atoms with Crippen molar-refractivity contribution in [2.24, 2.45) is 17.8 Å². The van der Waals surface area contributed by atoms with Crippen LogP contribution < -0.4 is 4.90 Å². The van der Waals surface area contributed by atoms with Crippen molar-refractivity contribution in [2.75, 3.05) is 31.1 Å². The molecule has 0 bridgehead atoms. The molecule has 4 heterocycles. The average molecular weight is 356 g/mol. The third-order valence-corrected chi connectivity index (χ3v) is 7.47. The van der Waals surface area contributed by atoms with Gasteiger partial charge in [-0.1, -0.05) is 6.42 Å². The number of amides is 1. The van der Waals surface area contributed by atoms with Gasteiger partial charge in [0.2, 0.25) is 5.91 Å². The molecule has 2 aromatic rings. The second-order valence-electron chi connectivity index (χ2n) is 7.92. The van der Waals surface area contributed by atoms with Crippen LogP contribution in [0, 0.1) is 24.7 Å². The molecule has 0 N–H and O–H groups in total. The standard InChI is InChI=1S/C19H24N4OS/c1-12-10-25-17-16(12)20-11-21-18(17)22-6-5-15(9-22)19(24)23-7-13-3-2-4-14(13)8-23/h10-11,13-15H,2-9H2,1H3. The lowest BCUT2D eigenvalue weighted by molar-refractivity contribution is -0.134. The van der Waals surface area contributed by atoms with Crippen LogP contribution in [0.5, 0.6) is 0 Å². The molecule has 1 aliphatic carbocycles.